The average Bonchev–Trinajstić information content (AvgIpc) is 3.18. The number of carbonyl (C=O) groups is 1. The Morgan fingerprint density at radius 2 is 1.90 bits per heavy atom. The molecule has 0 radical (unpaired) electrons. The van der Waals surface area contributed by atoms with Crippen LogP contribution in [0.1, 0.15) is 30.6 Å². The van der Waals surface area contributed by atoms with Crippen molar-refractivity contribution in [3.05, 3.63) is 65.9 Å². The maximum Gasteiger partial charge on any atom is 0.322 e. The Morgan fingerprint density at radius 1 is 1.16 bits per heavy atom. The molecule has 0 saturated carbocycles. The topological polar surface area (TPSA) is 97.2 Å². The van der Waals surface area contributed by atoms with Crippen molar-refractivity contribution in [3.63, 3.8) is 0 Å². The van der Waals surface area contributed by atoms with E-state index in [9.17, 15) is 17.6 Å². The lowest BCUT2D eigenvalue weighted by molar-refractivity contribution is 0.243. The monoisotopic (exact) mass is 443 g/mol. The molecule has 1 aliphatic rings. The summed E-state index contributed by atoms with van der Waals surface area (Å²) in [5.74, 6) is -0.321. The molecule has 1 aromatic carbocycles. The number of hydrogen-bond acceptors (Lipinski definition) is 5. The molecule has 0 bridgehead atoms. The summed E-state index contributed by atoms with van der Waals surface area (Å²) in [6.07, 6.45) is 5.72. The highest BCUT2D eigenvalue weighted by atomic mass is 32.2. The van der Waals surface area contributed by atoms with Crippen LogP contribution >= 0.6 is 0 Å². The number of amides is 2. The van der Waals surface area contributed by atoms with Gasteiger partial charge in [0.1, 0.15) is 5.82 Å². The van der Waals surface area contributed by atoms with Gasteiger partial charge in [0.05, 0.1) is 29.3 Å². The number of nitrogens with one attached hydrogen (secondary N) is 1. The van der Waals surface area contributed by atoms with Crippen molar-refractivity contribution in [2.75, 3.05) is 17.7 Å². The number of urea groups is 1. The van der Waals surface area contributed by atoms with Crippen LogP contribution in [-0.2, 0) is 16.3 Å². The summed E-state index contributed by atoms with van der Waals surface area (Å²) >= 11 is 0. The fourth-order valence-corrected chi connectivity index (χ4v) is 4.14. The number of benzene rings is 1. The first-order valence-electron chi connectivity index (χ1n) is 9.81. The summed E-state index contributed by atoms with van der Waals surface area (Å²) in [7, 11) is -3.38. The van der Waals surface area contributed by atoms with Gasteiger partial charge in [-0.25, -0.2) is 27.3 Å². The van der Waals surface area contributed by atoms with E-state index in [1.165, 1.54) is 24.4 Å². The van der Waals surface area contributed by atoms with E-state index in [1.807, 2.05) is 6.92 Å². The van der Waals surface area contributed by atoms with Gasteiger partial charge in [-0.05, 0) is 55.7 Å². The second kappa shape index (κ2) is 8.10. The minimum absolute atomic E-state index is 0.0105. The van der Waals surface area contributed by atoms with Crippen molar-refractivity contribution in [2.45, 2.75) is 30.8 Å². The van der Waals surface area contributed by atoms with Gasteiger partial charge >= 0.3 is 6.03 Å². The van der Waals surface area contributed by atoms with Gasteiger partial charge in [0.2, 0.25) is 0 Å². The molecule has 4 rings (SSSR count). The SMILES string of the molecule is CC(NC(=O)N1CCCc2c1cnn2-c1ccc(F)cc1)c1ccc(S(C)(=O)=O)nc1. The van der Waals surface area contributed by atoms with Crippen LogP contribution in [0.5, 0.6) is 0 Å². The summed E-state index contributed by atoms with van der Waals surface area (Å²) < 4.78 is 38.1. The molecular formula is C21H22FN5O3S. The van der Waals surface area contributed by atoms with Crippen LogP contribution < -0.4 is 10.2 Å². The normalized spacial score (nSPS) is 14.7. The molecule has 0 fully saturated rings. The summed E-state index contributed by atoms with van der Waals surface area (Å²) in [5, 5.41) is 7.33. The summed E-state index contributed by atoms with van der Waals surface area (Å²) in [5.41, 5.74) is 3.03. The maximum absolute atomic E-state index is 13.3. The zero-order valence-electron chi connectivity index (χ0n) is 17.1. The van der Waals surface area contributed by atoms with E-state index in [2.05, 4.69) is 15.4 Å². The Hall–Kier alpha value is -3.27. The third-order valence-electron chi connectivity index (χ3n) is 5.23. The van der Waals surface area contributed by atoms with Gasteiger partial charge in [-0.1, -0.05) is 6.07 Å². The Kier molecular flexibility index (Phi) is 5.48. The minimum atomic E-state index is -3.38. The van der Waals surface area contributed by atoms with Gasteiger partial charge in [-0.2, -0.15) is 5.10 Å². The average molecular weight is 444 g/mol. The van der Waals surface area contributed by atoms with E-state index in [0.717, 1.165) is 30.5 Å². The molecule has 2 amide bonds. The molecule has 10 heteroatoms. The Balaban J connectivity index is 1.52. The number of aromatic nitrogens is 3. The maximum atomic E-state index is 13.3. The van der Waals surface area contributed by atoms with Gasteiger partial charge in [0, 0.05) is 19.0 Å². The number of hydrogen-bond donors (Lipinski definition) is 1. The Bertz CT molecular complexity index is 1210. The third kappa shape index (κ3) is 4.29. The van der Waals surface area contributed by atoms with Crippen LogP contribution in [0.3, 0.4) is 0 Å². The lowest BCUT2D eigenvalue weighted by Gasteiger charge is -2.29. The van der Waals surface area contributed by atoms with E-state index < -0.39 is 9.84 Å². The lowest BCUT2D eigenvalue weighted by atomic mass is 10.1. The van der Waals surface area contributed by atoms with E-state index in [-0.39, 0.29) is 22.9 Å². The number of rotatable bonds is 4. The Labute approximate surface area is 179 Å². The first-order chi connectivity index (χ1) is 14.7. The van der Waals surface area contributed by atoms with E-state index in [0.29, 0.717) is 17.8 Å². The molecule has 0 saturated heterocycles. The van der Waals surface area contributed by atoms with Gasteiger partial charge in [0.15, 0.2) is 14.9 Å². The first-order valence-corrected chi connectivity index (χ1v) is 11.7. The van der Waals surface area contributed by atoms with E-state index in [4.69, 9.17) is 0 Å². The molecule has 1 unspecified atom stereocenters. The second-order valence-corrected chi connectivity index (χ2v) is 9.46. The van der Waals surface area contributed by atoms with Crippen LogP contribution in [0.4, 0.5) is 14.9 Å². The number of carbonyl (C=O) groups excluding carboxylic acids is 1. The number of pyridine rings is 1. The predicted octanol–water partition coefficient (Wildman–Crippen LogP) is 3.03. The first kappa shape index (κ1) is 21.0. The number of sulfone groups is 1. The Morgan fingerprint density at radius 3 is 2.55 bits per heavy atom. The number of halogens is 1. The number of nitrogens with zero attached hydrogens (tertiary/aromatic N) is 4. The third-order valence-corrected chi connectivity index (χ3v) is 6.23. The highest BCUT2D eigenvalue weighted by molar-refractivity contribution is 7.90. The van der Waals surface area contributed by atoms with Crippen LogP contribution in [0, 0.1) is 5.82 Å². The largest absolute Gasteiger partial charge is 0.331 e. The van der Waals surface area contributed by atoms with Crippen LogP contribution in [-0.4, -0.2) is 42.0 Å². The fourth-order valence-electron chi connectivity index (χ4n) is 3.58. The number of fused-ring (bicyclic) bond motifs is 1. The fraction of sp³-hybridized carbons (Fsp3) is 0.286. The van der Waals surface area contributed by atoms with Crippen molar-refractivity contribution >= 4 is 21.6 Å². The zero-order valence-corrected chi connectivity index (χ0v) is 17.9. The van der Waals surface area contributed by atoms with Crippen molar-refractivity contribution in [3.8, 4) is 5.69 Å². The molecule has 3 aromatic rings. The van der Waals surface area contributed by atoms with Crippen LogP contribution in [0.25, 0.3) is 5.69 Å². The smallest absolute Gasteiger partial charge is 0.322 e. The molecular weight excluding hydrogens is 421 g/mol. The molecule has 1 atom stereocenters. The minimum Gasteiger partial charge on any atom is -0.331 e. The van der Waals surface area contributed by atoms with Crippen molar-refractivity contribution in [2.24, 2.45) is 0 Å². The molecule has 0 aliphatic carbocycles. The molecule has 3 heterocycles. The zero-order chi connectivity index (χ0) is 22.2. The van der Waals surface area contributed by atoms with Gasteiger partial charge in [-0.3, -0.25) is 4.90 Å². The molecule has 162 valence electrons. The van der Waals surface area contributed by atoms with Crippen molar-refractivity contribution in [1.82, 2.24) is 20.1 Å². The van der Waals surface area contributed by atoms with Crippen molar-refractivity contribution < 1.29 is 17.6 Å². The molecule has 1 N–H and O–H groups in total. The highest BCUT2D eigenvalue weighted by Crippen LogP contribution is 2.29. The predicted molar refractivity (Wildman–Crippen MR) is 113 cm³/mol. The summed E-state index contributed by atoms with van der Waals surface area (Å²) in [4.78, 5) is 18.6. The molecule has 31 heavy (non-hydrogen) atoms. The van der Waals surface area contributed by atoms with Crippen LogP contribution in [0.2, 0.25) is 0 Å². The molecule has 2 aromatic heterocycles. The quantitative estimate of drug-likeness (QED) is 0.669. The van der Waals surface area contributed by atoms with Gasteiger partial charge in [0.25, 0.3) is 0 Å². The lowest BCUT2D eigenvalue weighted by Crippen LogP contribution is -2.43. The summed E-state index contributed by atoms with van der Waals surface area (Å²) in [6, 6.07) is 8.48. The molecule has 1 aliphatic heterocycles. The standard InChI is InChI=1S/C21H22FN5O3S/c1-14(15-5-10-20(23-12-15)31(2,29)30)25-21(28)26-11-3-4-18-19(26)13-24-27(18)17-8-6-16(22)7-9-17/h5-10,12-14H,3-4,11H2,1-2H3,(H,25,28). The molecule has 0 spiro atoms. The van der Waals surface area contributed by atoms with Crippen molar-refractivity contribution in [1.29, 1.82) is 0 Å². The molecule has 8 nitrogen and oxygen atoms in total. The summed E-state index contributed by atoms with van der Waals surface area (Å²) in [6.45, 7) is 2.35. The highest BCUT2D eigenvalue weighted by Gasteiger charge is 2.27. The second-order valence-electron chi connectivity index (χ2n) is 7.49. The van der Waals surface area contributed by atoms with Gasteiger partial charge < -0.3 is 5.32 Å². The van der Waals surface area contributed by atoms with E-state index >= 15 is 0 Å². The number of anilines is 1. The van der Waals surface area contributed by atoms with E-state index in [1.54, 1.807) is 34.0 Å². The van der Waals surface area contributed by atoms with Crippen LogP contribution in [0.15, 0.2) is 53.8 Å². The van der Waals surface area contributed by atoms with Gasteiger partial charge in [-0.15, -0.1) is 0 Å².